The van der Waals surface area contributed by atoms with E-state index in [1.807, 2.05) is 0 Å². The molecule has 1 aromatic carbocycles. The quantitative estimate of drug-likeness (QED) is 0.534. The third kappa shape index (κ3) is 4.32. The zero-order chi connectivity index (χ0) is 24.1. The van der Waals surface area contributed by atoms with Gasteiger partial charge in [-0.25, -0.2) is 27.9 Å². The van der Waals surface area contributed by atoms with Gasteiger partial charge in [0.2, 0.25) is 5.95 Å². The van der Waals surface area contributed by atoms with Crippen LogP contribution in [0.4, 0.5) is 24.8 Å². The average molecular weight is 482 g/mol. The Labute approximate surface area is 190 Å². The lowest BCUT2D eigenvalue weighted by Crippen LogP contribution is -2.32. The molecule has 1 aliphatic heterocycles. The molecule has 2 aromatic heterocycles. The van der Waals surface area contributed by atoms with Crippen molar-refractivity contribution in [2.24, 2.45) is 7.05 Å². The Hall–Kier alpha value is -3.34. The second-order valence-electron chi connectivity index (χ2n) is 7.90. The maximum absolute atomic E-state index is 14.4. The highest BCUT2D eigenvalue weighted by Gasteiger charge is 2.39. The fourth-order valence-corrected chi connectivity index (χ4v) is 4.05. The third-order valence-electron chi connectivity index (χ3n) is 5.51. The highest BCUT2D eigenvalue weighted by molar-refractivity contribution is 6.29. The van der Waals surface area contributed by atoms with Gasteiger partial charge >= 0.3 is 5.97 Å². The monoisotopic (exact) mass is 481 g/mol. The van der Waals surface area contributed by atoms with E-state index >= 15 is 0 Å². The predicted octanol–water partition coefficient (Wildman–Crippen LogP) is 3.84. The topological polar surface area (TPSA) is 100 Å². The minimum Gasteiger partial charge on any atom is -0.476 e. The van der Waals surface area contributed by atoms with Crippen LogP contribution >= 0.6 is 11.6 Å². The van der Waals surface area contributed by atoms with E-state index in [9.17, 15) is 27.9 Å². The van der Waals surface area contributed by atoms with Crippen molar-refractivity contribution in [3.63, 3.8) is 0 Å². The number of benzene rings is 1. The molecule has 4 rings (SSSR count). The Morgan fingerprint density at radius 1 is 1.30 bits per heavy atom. The van der Waals surface area contributed by atoms with Crippen LogP contribution in [0.3, 0.4) is 0 Å². The number of alkyl halides is 2. The molecule has 3 aromatic rings. The van der Waals surface area contributed by atoms with Gasteiger partial charge in [0.1, 0.15) is 11.0 Å². The van der Waals surface area contributed by atoms with Gasteiger partial charge in [-0.2, -0.15) is 0 Å². The van der Waals surface area contributed by atoms with Crippen molar-refractivity contribution in [2.45, 2.75) is 25.3 Å². The summed E-state index contributed by atoms with van der Waals surface area (Å²) >= 11 is 5.79. The van der Waals surface area contributed by atoms with Crippen molar-refractivity contribution in [3.05, 3.63) is 56.8 Å². The van der Waals surface area contributed by atoms with Crippen LogP contribution in [-0.2, 0) is 7.05 Å². The lowest BCUT2D eigenvalue weighted by molar-refractivity contribution is 0.0256. The molecule has 174 valence electrons. The minimum absolute atomic E-state index is 0.0148. The molecule has 0 spiro atoms. The zero-order valence-corrected chi connectivity index (χ0v) is 18.3. The number of fused-ring (bicyclic) bond motifs is 1. The smallest absolute Gasteiger partial charge is 0.356 e. The van der Waals surface area contributed by atoms with Crippen molar-refractivity contribution in [1.82, 2.24) is 14.5 Å². The Bertz CT molecular complexity index is 1330. The van der Waals surface area contributed by atoms with E-state index in [1.165, 1.54) is 30.1 Å². The summed E-state index contributed by atoms with van der Waals surface area (Å²) in [6, 6.07) is 4.29. The molecule has 0 amide bonds. The van der Waals surface area contributed by atoms with Crippen LogP contribution in [0.5, 0.6) is 0 Å². The van der Waals surface area contributed by atoms with Crippen LogP contribution in [0.1, 0.15) is 35.4 Å². The summed E-state index contributed by atoms with van der Waals surface area (Å²) in [6.45, 7) is 1.06. The first kappa shape index (κ1) is 22.8. The minimum atomic E-state index is -2.90. The zero-order valence-electron chi connectivity index (χ0n) is 17.6. The van der Waals surface area contributed by atoms with Gasteiger partial charge in [0.05, 0.1) is 29.2 Å². The maximum Gasteiger partial charge on any atom is 0.356 e. The molecule has 2 N–H and O–H groups in total. The van der Waals surface area contributed by atoms with E-state index in [0.29, 0.717) is 0 Å². The number of nitrogens with zero attached hydrogens (tertiary/aromatic N) is 4. The van der Waals surface area contributed by atoms with E-state index in [-0.39, 0.29) is 51.9 Å². The molecule has 1 aliphatic rings. The highest BCUT2D eigenvalue weighted by Crippen LogP contribution is 2.32. The summed E-state index contributed by atoms with van der Waals surface area (Å²) in [5.74, 6) is -4.87. The number of rotatable bonds is 5. The van der Waals surface area contributed by atoms with Crippen molar-refractivity contribution >= 4 is 40.1 Å². The lowest BCUT2D eigenvalue weighted by atomic mass is 10.0. The molecule has 0 aliphatic carbocycles. The SMILES string of the molecule is C[C@@H](Nc1ccc(Cl)nc1C(=O)O)c1cc(F)cc2c(=O)n(C)c(N3CCC(F)(F)C3)nc12. The van der Waals surface area contributed by atoms with Crippen LogP contribution in [-0.4, -0.2) is 44.6 Å². The van der Waals surface area contributed by atoms with Gasteiger partial charge in [-0.15, -0.1) is 0 Å². The number of hydrogen-bond acceptors (Lipinski definition) is 6. The molecular formula is C21H19ClF3N5O3. The molecule has 12 heteroatoms. The molecule has 3 heterocycles. The first-order chi connectivity index (χ1) is 15.5. The number of aromatic nitrogens is 3. The van der Waals surface area contributed by atoms with Gasteiger partial charge in [-0.1, -0.05) is 11.6 Å². The number of carboxylic acid groups (broad SMARTS) is 1. The molecule has 0 saturated carbocycles. The normalized spacial score (nSPS) is 16.2. The Kier molecular flexibility index (Phi) is 5.69. The third-order valence-corrected chi connectivity index (χ3v) is 5.72. The molecule has 0 bridgehead atoms. The number of carboxylic acids is 1. The van der Waals surface area contributed by atoms with Crippen molar-refractivity contribution in [1.29, 1.82) is 0 Å². The second-order valence-corrected chi connectivity index (χ2v) is 8.28. The highest BCUT2D eigenvalue weighted by atomic mass is 35.5. The fourth-order valence-electron chi connectivity index (χ4n) is 3.90. The second kappa shape index (κ2) is 8.22. The number of aromatic carboxylic acids is 1. The van der Waals surface area contributed by atoms with Gasteiger partial charge in [0, 0.05) is 25.6 Å². The molecule has 1 atom stereocenters. The van der Waals surface area contributed by atoms with Crippen LogP contribution in [0.2, 0.25) is 5.15 Å². The number of nitrogens with one attached hydrogen (secondary N) is 1. The van der Waals surface area contributed by atoms with Crippen LogP contribution in [0.15, 0.2) is 29.1 Å². The number of carbonyl (C=O) groups is 1. The van der Waals surface area contributed by atoms with Gasteiger partial charge in [0.15, 0.2) is 5.69 Å². The number of hydrogen-bond donors (Lipinski definition) is 2. The van der Waals surface area contributed by atoms with Gasteiger partial charge in [0.25, 0.3) is 11.5 Å². The summed E-state index contributed by atoms with van der Waals surface area (Å²) in [4.78, 5) is 34.1. The molecular weight excluding hydrogens is 463 g/mol. The number of anilines is 2. The summed E-state index contributed by atoms with van der Waals surface area (Å²) in [6.07, 6.45) is -0.364. The van der Waals surface area contributed by atoms with Gasteiger partial charge in [-0.3, -0.25) is 9.36 Å². The molecule has 0 radical (unpaired) electrons. The number of pyridine rings is 1. The van der Waals surface area contributed by atoms with Gasteiger partial charge in [-0.05, 0) is 31.2 Å². The van der Waals surface area contributed by atoms with E-state index in [2.05, 4.69) is 15.3 Å². The number of halogens is 4. The fraction of sp³-hybridized carbons (Fsp3) is 0.333. The van der Waals surface area contributed by atoms with E-state index in [0.717, 1.165) is 10.6 Å². The average Bonchev–Trinajstić information content (AvgIpc) is 3.11. The largest absolute Gasteiger partial charge is 0.476 e. The molecule has 1 saturated heterocycles. The van der Waals surface area contributed by atoms with Crippen molar-refractivity contribution < 1.29 is 23.1 Å². The van der Waals surface area contributed by atoms with Crippen molar-refractivity contribution in [3.8, 4) is 0 Å². The van der Waals surface area contributed by atoms with Crippen LogP contribution in [0, 0.1) is 5.82 Å². The van der Waals surface area contributed by atoms with Crippen molar-refractivity contribution in [2.75, 3.05) is 23.3 Å². The maximum atomic E-state index is 14.4. The first-order valence-electron chi connectivity index (χ1n) is 9.96. The Balaban J connectivity index is 1.82. The van der Waals surface area contributed by atoms with Gasteiger partial charge < -0.3 is 15.3 Å². The Morgan fingerprint density at radius 3 is 2.67 bits per heavy atom. The standard InChI is InChI=1S/C21H19ClF3N5O3/c1-10(26-14-3-4-15(22)27-17(14)19(32)33)12-7-11(23)8-13-16(12)28-20(29(2)18(13)31)30-6-5-21(24,25)9-30/h3-4,7-8,10,26H,5-6,9H2,1-2H3,(H,32,33)/t10-/m1/s1. The first-order valence-corrected chi connectivity index (χ1v) is 10.3. The molecule has 8 nitrogen and oxygen atoms in total. The summed E-state index contributed by atoms with van der Waals surface area (Å²) in [5.41, 5.74) is -0.416. The predicted molar refractivity (Wildman–Crippen MR) is 117 cm³/mol. The van der Waals surface area contributed by atoms with Crippen LogP contribution < -0.4 is 15.8 Å². The van der Waals surface area contributed by atoms with E-state index in [1.54, 1.807) is 6.92 Å². The molecule has 33 heavy (non-hydrogen) atoms. The summed E-state index contributed by atoms with van der Waals surface area (Å²) in [5, 5.41) is 12.3. The van der Waals surface area contributed by atoms with E-state index < -0.39 is 35.9 Å². The van der Waals surface area contributed by atoms with E-state index in [4.69, 9.17) is 11.6 Å². The molecule has 0 unspecified atom stereocenters. The van der Waals surface area contributed by atoms with Crippen LogP contribution in [0.25, 0.3) is 10.9 Å². The summed E-state index contributed by atoms with van der Waals surface area (Å²) in [7, 11) is 1.39. The lowest BCUT2D eigenvalue weighted by Gasteiger charge is -2.22. The summed E-state index contributed by atoms with van der Waals surface area (Å²) < 4.78 is 43.1. The molecule has 1 fully saturated rings. The Morgan fingerprint density at radius 2 is 2.03 bits per heavy atom.